The van der Waals surface area contributed by atoms with Crippen LogP contribution in [0.2, 0.25) is 0 Å². The van der Waals surface area contributed by atoms with Gasteiger partial charge in [-0.05, 0) is 62.7 Å². The molecule has 5 rings (SSSR count). The third-order valence-corrected chi connectivity index (χ3v) is 5.87. The van der Waals surface area contributed by atoms with Crippen molar-refractivity contribution in [2.45, 2.75) is 25.9 Å². The quantitative estimate of drug-likeness (QED) is 0.675. The summed E-state index contributed by atoms with van der Waals surface area (Å²) in [5.74, 6) is 1.80. The van der Waals surface area contributed by atoms with Crippen LogP contribution in [0.4, 0.5) is 11.5 Å². The van der Waals surface area contributed by atoms with Gasteiger partial charge in [0.1, 0.15) is 18.2 Å². The lowest BCUT2D eigenvalue weighted by Gasteiger charge is -2.38. The topological polar surface area (TPSA) is 75.6 Å². The highest BCUT2D eigenvalue weighted by atomic mass is 16.5. The second kappa shape index (κ2) is 9.13. The van der Waals surface area contributed by atoms with Gasteiger partial charge in [0.15, 0.2) is 5.82 Å². The van der Waals surface area contributed by atoms with Gasteiger partial charge in [0.25, 0.3) is 0 Å². The molecule has 8 heteroatoms. The number of morpholine rings is 1. The molecule has 3 aromatic rings. The Kier molecular flexibility index (Phi) is 5.93. The smallest absolute Gasteiger partial charge is 0.159 e. The Morgan fingerprint density at radius 3 is 2.77 bits per heavy atom. The van der Waals surface area contributed by atoms with Crippen LogP contribution >= 0.6 is 0 Å². The van der Waals surface area contributed by atoms with Gasteiger partial charge >= 0.3 is 0 Å². The summed E-state index contributed by atoms with van der Waals surface area (Å²) in [7, 11) is 0. The Hall–Kier alpha value is -2.81. The van der Waals surface area contributed by atoms with Gasteiger partial charge in [-0.25, -0.2) is 15.0 Å². The first kappa shape index (κ1) is 20.1. The Bertz CT molecular complexity index is 1030. The maximum absolute atomic E-state index is 6.32. The number of pyridine rings is 1. The number of piperidine rings is 1. The fourth-order valence-electron chi connectivity index (χ4n) is 4.23. The van der Waals surface area contributed by atoms with Crippen LogP contribution < -0.4 is 15.1 Å². The van der Waals surface area contributed by atoms with Gasteiger partial charge in [-0.1, -0.05) is 0 Å². The molecule has 0 radical (unpaired) electrons. The lowest BCUT2D eigenvalue weighted by atomic mass is 10.1. The molecule has 0 atom stereocenters. The zero-order valence-corrected chi connectivity index (χ0v) is 17.8. The van der Waals surface area contributed by atoms with Crippen molar-refractivity contribution in [3.8, 4) is 5.75 Å². The van der Waals surface area contributed by atoms with E-state index in [1.54, 1.807) is 18.7 Å². The van der Waals surface area contributed by atoms with Gasteiger partial charge in [0, 0.05) is 24.7 Å². The van der Waals surface area contributed by atoms with E-state index in [-0.39, 0.29) is 6.10 Å². The molecule has 8 nitrogen and oxygen atoms in total. The average molecular weight is 421 g/mol. The highest BCUT2D eigenvalue weighted by Gasteiger charge is 2.25. The summed E-state index contributed by atoms with van der Waals surface area (Å²) in [6.07, 6.45) is 7.53. The van der Waals surface area contributed by atoms with Crippen LogP contribution in [0.1, 0.15) is 18.4 Å². The number of nitrogens with zero attached hydrogens (tertiary/aromatic N) is 5. The van der Waals surface area contributed by atoms with E-state index in [2.05, 4.69) is 55.4 Å². The molecule has 0 unspecified atom stereocenters. The molecule has 2 aliphatic rings. The Morgan fingerprint density at radius 2 is 1.97 bits per heavy atom. The second-order valence-corrected chi connectivity index (χ2v) is 7.98. The van der Waals surface area contributed by atoms with Gasteiger partial charge in [-0.3, -0.25) is 9.99 Å². The number of aromatic nitrogens is 3. The normalized spacial score (nSPS) is 18.2. The number of benzene rings is 1. The number of fused-ring (bicyclic) bond motifs is 1. The van der Waals surface area contributed by atoms with Crippen LogP contribution in [0, 0.1) is 6.92 Å². The van der Waals surface area contributed by atoms with E-state index in [0.717, 1.165) is 72.7 Å². The van der Waals surface area contributed by atoms with Gasteiger partial charge in [0.2, 0.25) is 0 Å². The minimum Gasteiger partial charge on any atom is -0.490 e. The number of aryl methyl sites for hydroxylation is 1. The second-order valence-electron chi connectivity index (χ2n) is 7.98. The fraction of sp³-hybridized carbons (Fsp3) is 0.435. The number of anilines is 2. The SMILES string of the molecule is Cc1cc(N(c2ncnc3cnccc23)N2CCOCC2)ccc1OC1CCNCC1. The molecule has 0 saturated carbocycles. The molecule has 0 spiro atoms. The molecule has 1 N–H and O–H groups in total. The summed E-state index contributed by atoms with van der Waals surface area (Å²) in [6.45, 7) is 7.11. The first-order valence-corrected chi connectivity index (χ1v) is 10.9. The molecule has 162 valence electrons. The average Bonchev–Trinajstić information content (AvgIpc) is 2.82. The third kappa shape index (κ3) is 4.32. The number of hydrogen-bond donors (Lipinski definition) is 1. The third-order valence-electron chi connectivity index (χ3n) is 5.87. The highest BCUT2D eigenvalue weighted by molar-refractivity contribution is 5.90. The molecule has 0 aliphatic carbocycles. The van der Waals surface area contributed by atoms with Gasteiger partial charge in [-0.2, -0.15) is 0 Å². The first-order chi connectivity index (χ1) is 15.3. The number of ether oxygens (including phenoxy) is 2. The van der Waals surface area contributed by atoms with Crippen molar-refractivity contribution in [2.75, 3.05) is 44.4 Å². The van der Waals surface area contributed by atoms with Crippen molar-refractivity contribution in [1.82, 2.24) is 25.3 Å². The minimum absolute atomic E-state index is 0.277. The molecule has 0 bridgehead atoms. The number of nitrogens with one attached hydrogen (secondary N) is 1. The van der Waals surface area contributed by atoms with Crippen LogP contribution in [0.15, 0.2) is 43.0 Å². The Labute approximate surface area is 182 Å². The van der Waals surface area contributed by atoms with Crippen molar-refractivity contribution in [3.05, 3.63) is 48.5 Å². The maximum Gasteiger partial charge on any atom is 0.159 e. The van der Waals surface area contributed by atoms with Crippen LogP contribution in [-0.4, -0.2) is 65.5 Å². The van der Waals surface area contributed by atoms with Gasteiger partial charge in [0.05, 0.1) is 30.6 Å². The molecular formula is C23H28N6O2. The molecular weight excluding hydrogens is 392 g/mol. The lowest BCUT2D eigenvalue weighted by Crippen LogP contribution is -2.47. The zero-order chi connectivity index (χ0) is 21.0. The number of hydrogen-bond acceptors (Lipinski definition) is 8. The molecule has 31 heavy (non-hydrogen) atoms. The number of hydrazine groups is 1. The van der Waals surface area contributed by atoms with E-state index < -0.39 is 0 Å². The molecule has 2 aromatic heterocycles. The molecule has 2 aliphatic heterocycles. The van der Waals surface area contributed by atoms with Crippen molar-refractivity contribution in [3.63, 3.8) is 0 Å². The predicted molar refractivity (Wildman–Crippen MR) is 120 cm³/mol. The van der Waals surface area contributed by atoms with Crippen molar-refractivity contribution in [2.24, 2.45) is 0 Å². The summed E-state index contributed by atoms with van der Waals surface area (Å²) in [5, 5.41) is 8.83. The van der Waals surface area contributed by atoms with Crippen molar-refractivity contribution < 1.29 is 9.47 Å². The maximum atomic E-state index is 6.32. The minimum atomic E-state index is 0.277. The van der Waals surface area contributed by atoms with Crippen molar-refractivity contribution >= 4 is 22.4 Å². The Morgan fingerprint density at radius 1 is 1.13 bits per heavy atom. The number of rotatable bonds is 5. The molecule has 4 heterocycles. The summed E-state index contributed by atoms with van der Waals surface area (Å²) >= 11 is 0. The van der Waals surface area contributed by atoms with E-state index in [4.69, 9.17) is 9.47 Å². The van der Waals surface area contributed by atoms with E-state index in [1.807, 2.05) is 6.07 Å². The lowest BCUT2D eigenvalue weighted by molar-refractivity contribution is 0.0376. The van der Waals surface area contributed by atoms with E-state index >= 15 is 0 Å². The molecule has 2 fully saturated rings. The van der Waals surface area contributed by atoms with E-state index in [0.29, 0.717) is 13.2 Å². The molecule has 0 amide bonds. The summed E-state index contributed by atoms with van der Waals surface area (Å²) in [6, 6.07) is 8.36. The first-order valence-electron chi connectivity index (χ1n) is 10.9. The summed E-state index contributed by atoms with van der Waals surface area (Å²) in [4.78, 5) is 13.3. The standard InChI is InChI=1S/C23H28N6O2/c1-17-14-18(2-3-22(17)31-19-4-7-24-8-5-19)29(28-10-12-30-13-11-28)23-20-6-9-25-15-21(20)26-16-27-23/h2-3,6,9,14-16,19,24H,4-5,7-8,10-13H2,1H3. The largest absolute Gasteiger partial charge is 0.490 e. The Balaban J connectivity index is 1.51. The zero-order valence-electron chi connectivity index (χ0n) is 17.8. The van der Waals surface area contributed by atoms with Gasteiger partial charge in [-0.15, -0.1) is 0 Å². The van der Waals surface area contributed by atoms with Crippen molar-refractivity contribution in [1.29, 1.82) is 0 Å². The monoisotopic (exact) mass is 420 g/mol. The predicted octanol–water partition coefficient (Wildman–Crippen LogP) is 2.85. The molecule has 2 saturated heterocycles. The summed E-state index contributed by atoms with van der Waals surface area (Å²) < 4.78 is 11.9. The van der Waals surface area contributed by atoms with Crippen LogP contribution in [0.25, 0.3) is 10.9 Å². The highest BCUT2D eigenvalue weighted by Crippen LogP contribution is 2.34. The fourth-order valence-corrected chi connectivity index (χ4v) is 4.23. The van der Waals surface area contributed by atoms with Crippen LogP contribution in [0.3, 0.4) is 0 Å². The van der Waals surface area contributed by atoms with Gasteiger partial charge < -0.3 is 14.8 Å². The molecule has 1 aromatic carbocycles. The van der Waals surface area contributed by atoms with Crippen LogP contribution in [0.5, 0.6) is 5.75 Å². The summed E-state index contributed by atoms with van der Waals surface area (Å²) in [5.41, 5.74) is 3.00. The van der Waals surface area contributed by atoms with Crippen LogP contribution in [-0.2, 0) is 4.74 Å². The van der Waals surface area contributed by atoms with E-state index in [1.165, 1.54) is 0 Å². The van der Waals surface area contributed by atoms with E-state index in [9.17, 15) is 0 Å².